The zero-order valence-electron chi connectivity index (χ0n) is 13.8. The number of benzene rings is 1. The van der Waals surface area contributed by atoms with Crippen LogP contribution in [0, 0.1) is 11.8 Å². The molecule has 118 valence electrons. The Morgan fingerprint density at radius 2 is 1.76 bits per heavy atom. The van der Waals surface area contributed by atoms with E-state index in [0.717, 1.165) is 24.3 Å². The van der Waals surface area contributed by atoms with Crippen molar-refractivity contribution in [3.05, 3.63) is 23.8 Å². The van der Waals surface area contributed by atoms with E-state index in [-0.39, 0.29) is 17.4 Å². The second-order valence-corrected chi connectivity index (χ2v) is 6.88. The van der Waals surface area contributed by atoms with Gasteiger partial charge in [-0.25, -0.2) is 0 Å². The number of ether oxygens (including phenoxy) is 2. The van der Waals surface area contributed by atoms with Crippen molar-refractivity contribution in [2.75, 3.05) is 14.2 Å². The summed E-state index contributed by atoms with van der Waals surface area (Å²) in [5.74, 6) is 2.40. The molecule has 0 aromatic heterocycles. The number of rotatable bonds is 4. The summed E-state index contributed by atoms with van der Waals surface area (Å²) in [6.45, 7) is 6.67. The van der Waals surface area contributed by atoms with Crippen LogP contribution in [0.1, 0.15) is 45.6 Å². The van der Waals surface area contributed by atoms with Crippen LogP contribution in [0.5, 0.6) is 11.5 Å². The van der Waals surface area contributed by atoms with Crippen LogP contribution in [0.2, 0.25) is 0 Å². The molecule has 1 aromatic rings. The van der Waals surface area contributed by atoms with Crippen molar-refractivity contribution >= 4 is 0 Å². The van der Waals surface area contributed by atoms with Gasteiger partial charge < -0.3 is 14.6 Å². The molecule has 21 heavy (non-hydrogen) atoms. The van der Waals surface area contributed by atoms with E-state index in [0.29, 0.717) is 5.92 Å². The van der Waals surface area contributed by atoms with Crippen LogP contribution in [0.4, 0.5) is 0 Å². The van der Waals surface area contributed by atoms with Gasteiger partial charge in [0.05, 0.1) is 20.3 Å². The molecule has 1 aliphatic carbocycles. The molecule has 1 aliphatic rings. The summed E-state index contributed by atoms with van der Waals surface area (Å²) < 4.78 is 10.7. The van der Waals surface area contributed by atoms with E-state index in [1.54, 1.807) is 14.2 Å². The summed E-state index contributed by atoms with van der Waals surface area (Å²) in [6, 6.07) is 6.09. The summed E-state index contributed by atoms with van der Waals surface area (Å²) >= 11 is 0. The largest absolute Gasteiger partial charge is 0.493 e. The van der Waals surface area contributed by atoms with Crippen molar-refractivity contribution in [1.29, 1.82) is 0 Å². The van der Waals surface area contributed by atoms with Gasteiger partial charge in [0, 0.05) is 0 Å². The Morgan fingerprint density at radius 1 is 1.10 bits per heavy atom. The fourth-order valence-electron chi connectivity index (χ4n) is 3.64. The van der Waals surface area contributed by atoms with Gasteiger partial charge in [-0.05, 0) is 47.8 Å². The summed E-state index contributed by atoms with van der Waals surface area (Å²) in [4.78, 5) is 0. The average Bonchev–Trinajstić information content (AvgIpc) is 2.46. The summed E-state index contributed by atoms with van der Waals surface area (Å²) in [5.41, 5.74) is 1.11. The lowest BCUT2D eigenvalue weighted by Crippen LogP contribution is -2.41. The standard InChI is InChI=1S/C18H28O3/c1-12-6-8-14(15(19)10-12)18(2,3)13-7-9-16(20-4)17(11-13)21-5/h7,9,11-12,14-15,19H,6,8,10H2,1-5H3. The fourth-order valence-corrected chi connectivity index (χ4v) is 3.64. The number of methoxy groups -OCH3 is 2. The smallest absolute Gasteiger partial charge is 0.161 e. The lowest BCUT2D eigenvalue weighted by Gasteiger charge is -2.42. The van der Waals surface area contributed by atoms with Crippen LogP contribution >= 0.6 is 0 Å². The Kier molecular flexibility index (Phi) is 4.82. The van der Waals surface area contributed by atoms with Gasteiger partial charge >= 0.3 is 0 Å². The molecule has 0 bridgehead atoms. The number of hydrogen-bond donors (Lipinski definition) is 1. The Morgan fingerprint density at radius 3 is 2.33 bits per heavy atom. The first-order valence-electron chi connectivity index (χ1n) is 7.80. The molecule has 1 saturated carbocycles. The Bertz CT molecular complexity index is 481. The highest BCUT2D eigenvalue weighted by atomic mass is 16.5. The molecule has 2 rings (SSSR count). The van der Waals surface area contributed by atoms with Crippen molar-refractivity contribution in [3.63, 3.8) is 0 Å². The molecule has 1 N–H and O–H groups in total. The van der Waals surface area contributed by atoms with E-state index in [4.69, 9.17) is 9.47 Å². The van der Waals surface area contributed by atoms with Gasteiger partial charge in [0.15, 0.2) is 11.5 Å². The normalized spacial score (nSPS) is 26.5. The summed E-state index contributed by atoms with van der Waals surface area (Å²) in [5, 5.41) is 10.5. The van der Waals surface area contributed by atoms with Crippen molar-refractivity contribution in [3.8, 4) is 11.5 Å². The highest BCUT2D eigenvalue weighted by molar-refractivity contribution is 5.45. The zero-order valence-corrected chi connectivity index (χ0v) is 13.8. The molecule has 3 atom stereocenters. The molecule has 0 aliphatic heterocycles. The second-order valence-electron chi connectivity index (χ2n) is 6.88. The van der Waals surface area contributed by atoms with E-state index in [2.05, 4.69) is 26.8 Å². The third-order valence-corrected chi connectivity index (χ3v) is 5.13. The van der Waals surface area contributed by atoms with Crippen LogP contribution in [0.25, 0.3) is 0 Å². The molecule has 3 heteroatoms. The molecule has 0 amide bonds. The Labute approximate surface area is 128 Å². The van der Waals surface area contributed by atoms with E-state index in [1.807, 2.05) is 12.1 Å². The molecule has 0 spiro atoms. The van der Waals surface area contributed by atoms with E-state index >= 15 is 0 Å². The van der Waals surface area contributed by atoms with Gasteiger partial charge in [0.25, 0.3) is 0 Å². The van der Waals surface area contributed by atoms with Crippen LogP contribution in [0.15, 0.2) is 18.2 Å². The highest BCUT2D eigenvalue weighted by Gasteiger charge is 2.39. The zero-order chi connectivity index (χ0) is 15.6. The van der Waals surface area contributed by atoms with Crippen molar-refractivity contribution in [2.45, 2.75) is 51.6 Å². The van der Waals surface area contributed by atoms with Gasteiger partial charge in [0.1, 0.15) is 0 Å². The van der Waals surface area contributed by atoms with E-state index < -0.39 is 0 Å². The molecule has 0 radical (unpaired) electrons. The predicted octanol–water partition coefficient (Wildman–Crippen LogP) is 3.78. The van der Waals surface area contributed by atoms with Crippen LogP contribution in [-0.4, -0.2) is 25.4 Å². The molecule has 3 unspecified atom stereocenters. The van der Waals surface area contributed by atoms with Gasteiger partial charge in [-0.15, -0.1) is 0 Å². The molecular formula is C18H28O3. The molecule has 1 fully saturated rings. The molecule has 0 saturated heterocycles. The van der Waals surface area contributed by atoms with Gasteiger partial charge in [-0.1, -0.05) is 33.3 Å². The molecular weight excluding hydrogens is 264 g/mol. The monoisotopic (exact) mass is 292 g/mol. The lowest BCUT2D eigenvalue weighted by atomic mass is 9.64. The van der Waals surface area contributed by atoms with Crippen molar-refractivity contribution in [1.82, 2.24) is 0 Å². The van der Waals surface area contributed by atoms with Crippen LogP contribution in [0.3, 0.4) is 0 Å². The first kappa shape index (κ1) is 16.2. The minimum absolute atomic E-state index is 0.0842. The van der Waals surface area contributed by atoms with Crippen molar-refractivity contribution < 1.29 is 14.6 Å². The topological polar surface area (TPSA) is 38.7 Å². The van der Waals surface area contributed by atoms with Gasteiger partial charge in [-0.3, -0.25) is 0 Å². The minimum Gasteiger partial charge on any atom is -0.493 e. The van der Waals surface area contributed by atoms with Crippen molar-refractivity contribution in [2.24, 2.45) is 11.8 Å². The summed E-state index contributed by atoms with van der Waals surface area (Å²) in [6.07, 6.45) is 2.95. The third-order valence-electron chi connectivity index (χ3n) is 5.13. The fraction of sp³-hybridized carbons (Fsp3) is 0.667. The number of aliphatic hydroxyl groups excluding tert-OH is 1. The maximum absolute atomic E-state index is 10.5. The van der Waals surface area contributed by atoms with Gasteiger partial charge in [0.2, 0.25) is 0 Å². The third kappa shape index (κ3) is 3.18. The maximum atomic E-state index is 10.5. The molecule has 0 heterocycles. The number of hydrogen-bond acceptors (Lipinski definition) is 3. The Balaban J connectivity index is 2.30. The average molecular weight is 292 g/mol. The first-order valence-corrected chi connectivity index (χ1v) is 7.80. The molecule has 3 nitrogen and oxygen atoms in total. The quantitative estimate of drug-likeness (QED) is 0.918. The predicted molar refractivity (Wildman–Crippen MR) is 85.1 cm³/mol. The SMILES string of the molecule is COc1ccc(C(C)(C)C2CCC(C)CC2O)cc1OC. The van der Waals surface area contributed by atoms with Gasteiger partial charge in [-0.2, -0.15) is 0 Å². The lowest BCUT2D eigenvalue weighted by molar-refractivity contribution is 0.0143. The number of aliphatic hydroxyl groups is 1. The molecule has 1 aromatic carbocycles. The van der Waals surface area contributed by atoms with E-state index in [9.17, 15) is 5.11 Å². The first-order chi connectivity index (χ1) is 9.90. The maximum Gasteiger partial charge on any atom is 0.161 e. The second kappa shape index (κ2) is 6.27. The van der Waals surface area contributed by atoms with Crippen LogP contribution < -0.4 is 9.47 Å². The summed E-state index contributed by atoms with van der Waals surface area (Å²) in [7, 11) is 3.31. The van der Waals surface area contributed by atoms with E-state index in [1.165, 1.54) is 12.0 Å². The Hall–Kier alpha value is -1.22. The minimum atomic E-state index is -0.225. The highest BCUT2D eigenvalue weighted by Crippen LogP contribution is 2.44. The van der Waals surface area contributed by atoms with Crippen LogP contribution in [-0.2, 0) is 5.41 Å².